The van der Waals surface area contributed by atoms with E-state index in [9.17, 15) is 4.79 Å². The lowest BCUT2D eigenvalue weighted by Crippen LogP contribution is -2.24. The van der Waals surface area contributed by atoms with Gasteiger partial charge in [-0.3, -0.25) is 9.69 Å². The van der Waals surface area contributed by atoms with Gasteiger partial charge in [-0.1, -0.05) is 38.1 Å². The zero-order valence-corrected chi connectivity index (χ0v) is 17.4. The number of ether oxygens (including phenoxy) is 3. The van der Waals surface area contributed by atoms with E-state index in [0.29, 0.717) is 29.4 Å². The van der Waals surface area contributed by atoms with Crippen molar-refractivity contribution in [3.8, 4) is 17.2 Å². The summed E-state index contributed by atoms with van der Waals surface area (Å²) in [5.41, 5.74) is 2.69. The van der Waals surface area contributed by atoms with Crippen LogP contribution in [0, 0.1) is 0 Å². The van der Waals surface area contributed by atoms with Gasteiger partial charge in [0.05, 0.1) is 26.9 Å². The van der Waals surface area contributed by atoms with Gasteiger partial charge in [0.15, 0.2) is 11.5 Å². The second kappa shape index (κ2) is 10.6. The summed E-state index contributed by atoms with van der Waals surface area (Å²) in [6, 6.07) is 11.6. The van der Waals surface area contributed by atoms with Crippen molar-refractivity contribution in [3.63, 3.8) is 0 Å². The molecule has 1 N–H and O–H groups in total. The zero-order valence-electron chi connectivity index (χ0n) is 17.4. The highest BCUT2D eigenvalue weighted by Gasteiger charge is 2.17. The maximum absolute atomic E-state index is 12.7. The molecule has 0 aliphatic heterocycles. The Morgan fingerprint density at radius 1 is 0.893 bits per heavy atom. The van der Waals surface area contributed by atoms with Crippen LogP contribution in [0.2, 0.25) is 0 Å². The molecule has 0 spiro atoms. The lowest BCUT2D eigenvalue weighted by atomic mass is 10.1. The summed E-state index contributed by atoms with van der Waals surface area (Å²) in [7, 11) is 4.60. The van der Waals surface area contributed by atoms with E-state index in [1.54, 1.807) is 19.2 Å². The molecule has 1 amide bonds. The molecule has 6 heteroatoms. The monoisotopic (exact) mass is 386 g/mol. The standard InChI is InChI=1S/C22H30N2O4/c1-6-24(7-2)15-17-10-8-9-16(11-17)14-23-22(25)18-12-20(27-4)21(28-5)13-19(18)26-3/h8-13H,6-7,14-15H2,1-5H3,(H,23,25). The predicted molar refractivity (Wildman–Crippen MR) is 110 cm³/mol. The molecule has 0 aliphatic rings. The normalized spacial score (nSPS) is 10.6. The first kappa shape index (κ1) is 21.6. The molecule has 2 aromatic carbocycles. The minimum atomic E-state index is -0.230. The zero-order chi connectivity index (χ0) is 20.5. The molecule has 0 aliphatic carbocycles. The molecule has 0 saturated carbocycles. The van der Waals surface area contributed by atoms with Crippen molar-refractivity contribution in [1.29, 1.82) is 0 Å². The quantitative estimate of drug-likeness (QED) is 0.677. The highest BCUT2D eigenvalue weighted by Crippen LogP contribution is 2.34. The van der Waals surface area contributed by atoms with Crippen LogP contribution in [-0.4, -0.2) is 45.2 Å². The van der Waals surface area contributed by atoms with E-state index >= 15 is 0 Å². The van der Waals surface area contributed by atoms with Crippen LogP contribution in [0.5, 0.6) is 17.2 Å². The SMILES string of the molecule is CCN(CC)Cc1cccc(CNC(=O)c2cc(OC)c(OC)cc2OC)c1. The molecule has 0 fully saturated rings. The van der Waals surface area contributed by atoms with Crippen molar-refractivity contribution in [2.24, 2.45) is 0 Å². The first-order valence-electron chi connectivity index (χ1n) is 9.44. The number of nitrogens with one attached hydrogen (secondary N) is 1. The number of rotatable bonds is 10. The Morgan fingerprint density at radius 2 is 1.50 bits per heavy atom. The number of benzene rings is 2. The minimum absolute atomic E-state index is 0.230. The van der Waals surface area contributed by atoms with Crippen LogP contribution in [0.4, 0.5) is 0 Å². The Balaban J connectivity index is 2.12. The summed E-state index contributed by atoms with van der Waals surface area (Å²) in [6.45, 7) is 7.67. The Labute approximate surface area is 167 Å². The van der Waals surface area contributed by atoms with Crippen molar-refractivity contribution in [2.45, 2.75) is 26.9 Å². The number of nitrogens with zero attached hydrogens (tertiary/aromatic N) is 1. The van der Waals surface area contributed by atoms with E-state index < -0.39 is 0 Å². The Hall–Kier alpha value is -2.73. The smallest absolute Gasteiger partial charge is 0.255 e. The largest absolute Gasteiger partial charge is 0.496 e. The average molecular weight is 386 g/mol. The van der Waals surface area contributed by atoms with Crippen LogP contribution in [0.1, 0.15) is 35.3 Å². The second-order valence-electron chi connectivity index (χ2n) is 6.37. The number of methoxy groups -OCH3 is 3. The Morgan fingerprint density at radius 3 is 2.11 bits per heavy atom. The van der Waals surface area contributed by atoms with E-state index in [1.165, 1.54) is 19.8 Å². The molecule has 0 radical (unpaired) electrons. The van der Waals surface area contributed by atoms with Crippen LogP contribution in [0.25, 0.3) is 0 Å². The summed E-state index contributed by atoms with van der Waals surface area (Å²) >= 11 is 0. The van der Waals surface area contributed by atoms with Crippen LogP contribution in [-0.2, 0) is 13.1 Å². The molecule has 0 heterocycles. The fourth-order valence-electron chi connectivity index (χ4n) is 3.03. The van der Waals surface area contributed by atoms with Gasteiger partial charge in [-0.15, -0.1) is 0 Å². The van der Waals surface area contributed by atoms with Crippen molar-refractivity contribution >= 4 is 5.91 Å². The molecule has 0 unspecified atom stereocenters. The van der Waals surface area contributed by atoms with Gasteiger partial charge in [0.1, 0.15) is 5.75 Å². The van der Waals surface area contributed by atoms with E-state index in [2.05, 4.69) is 36.2 Å². The minimum Gasteiger partial charge on any atom is -0.496 e. The third-order valence-electron chi connectivity index (χ3n) is 4.70. The molecular formula is C22H30N2O4. The third kappa shape index (κ3) is 5.39. The maximum Gasteiger partial charge on any atom is 0.255 e. The number of carbonyl (C=O) groups is 1. The lowest BCUT2D eigenvalue weighted by molar-refractivity contribution is 0.0947. The number of hydrogen-bond acceptors (Lipinski definition) is 5. The van der Waals surface area contributed by atoms with Gasteiger partial charge in [-0.25, -0.2) is 0 Å². The fourth-order valence-corrected chi connectivity index (χ4v) is 3.03. The molecule has 0 saturated heterocycles. The van der Waals surface area contributed by atoms with Crippen LogP contribution < -0.4 is 19.5 Å². The molecule has 0 aromatic heterocycles. The van der Waals surface area contributed by atoms with Crippen LogP contribution in [0.15, 0.2) is 36.4 Å². The van der Waals surface area contributed by atoms with Gasteiger partial charge in [0, 0.05) is 25.2 Å². The summed E-state index contributed by atoms with van der Waals surface area (Å²) in [5, 5.41) is 2.96. The first-order valence-corrected chi connectivity index (χ1v) is 9.44. The number of hydrogen-bond donors (Lipinski definition) is 1. The Kier molecular flexibility index (Phi) is 8.14. The van der Waals surface area contributed by atoms with E-state index in [-0.39, 0.29) is 5.91 Å². The third-order valence-corrected chi connectivity index (χ3v) is 4.70. The van der Waals surface area contributed by atoms with Gasteiger partial charge in [0.25, 0.3) is 5.91 Å². The van der Waals surface area contributed by atoms with Gasteiger partial charge in [0.2, 0.25) is 0 Å². The van der Waals surface area contributed by atoms with E-state index in [4.69, 9.17) is 14.2 Å². The van der Waals surface area contributed by atoms with Crippen molar-refractivity contribution < 1.29 is 19.0 Å². The Bertz CT molecular complexity index is 788. The molecule has 2 aromatic rings. The molecule has 0 atom stereocenters. The van der Waals surface area contributed by atoms with E-state index in [1.807, 2.05) is 12.1 Å². The van der Waals surface area contributed by atoms with Crippen LogP contribution in [0.3, 0.4) is 0 Å². The number of amides is 1. The van der Waals surface area contributed by atoms with Crippen molar-refractivity contribution in [1.82, 2.24) is 10.2 Å². The van der Waals surface area contributed by atoms with Crippen molar-refractivity contribution in [2.75, 3.05) is 34.4 Å². The molecule has 0 bridgehead atoms. The summed E-state index contributed by atoms with van der Waals surface area (Å²) in [6.07, 6.45) is 0. The highest BCUT2D eigenvalue weighted by atomic mass is 16.5. The summed E-state index contributed by atoms with van der Waals surface area (Å²) < 4.78 is 15.9. The average Bonchev–Trinajstić information content (AvgIpc) is 2.74. The molecule has 28 heavy (non-hydrogen) atoms. The number of carbonyl (C=O) groups excluding carboxylic acids is 1. The van der Waals surface area contributed by atoms with Gasteiger partial charge in [-0.05, 0) is 24.2 Å². The highest BCUT2D eigenvalue weighted by molar-refractivity contribution is 5.97. The summed E-state index contributed by atoms with van der Waals surface area (Å²) in [5.74, 6) is 1.20. The first-order chi connectivity index (χ1) is 13.6. The topological polar surface area (TPSA) is 60.0 Å². The molecule has 6 nitrogen and oxygen atoms in total. The summed E-state index contributed by atoms with van der Waals surface area (Å²) in [4.78, 5) is 15.1. The van der Waals surface area contributed by atoms with Crippen molar-refractivity contribution in [3.05, 3.63) is 53.1 Å². The maximum atomic E-state index is 12.7. The fraction of sp³-hybridized carbons (Fsp3) is 0.409. The molecule has 152 valence electrons. The molecular weight excluding hydrogens is 356 g/mol. The van der Waals surface area contributed by atoms with Gasteiger partial charge in [-0.2, -0.15) is 0 Å². The van der Waals surface area contributed by atoms with Gasteiger partial charge >= 0.3 is 0 Å². The van der Waals surface area contributed by atoms with Crippen LogP contribution >= 0.6 is 0 Å². The molecule has 2 rings (SSSR count). The second-order valence-corrected chi connectivity index (χ2v) is 6.37. The van der Waals surface area contributed by atoms with E-state index in [0.717, 1.165) is 25.2 Å². The lowest BCUT2D eigenvalue weighted by Gasteiger charge is -2.18. The predicted octanol–water partition coefficient (Wildman–Crippen LogP) is 3.48. The van der Waals surface area contributed by atoms with Gasteiger partial charge < -0.3 is 19.5 Å².